The van der Waals surface area contributed by atoms with Crippen molar-refractivity contribution in [3.8, 4) is 0 Å². The van der Waals surface area contributed by atoms with E-state index >= 15 is 0 Å². The molecule has 2 aromatic rings. The van der Waals surface area contributed by atoms with E-state index in [0.717, 1.165) is 44.1 Å². The predicted molar refractivity (Wildman–Crippen MR) is 93.3 cm³/mol. The van der Waals surface area contributed by atoms with Gasteiger partial charge in [-0.15, -0.1) is 0 Å². The summed E-state index contributed by atoms with van der Waals surface area (Å²) in [5, 5.41) is 9.02. The van der Waals surface area contributed by atoms with Crippen molar-refractivity contribution in [3.05, 3.63) is 65.2 Å². The van der Waals surface area contributed by atoms with Gasteiger partial charge in [-0.1, -0.05) is 42.5 Å². The molecule has 23 heavy (non-hydrogen) atoms. The van der Waals surface area contributed by atoms with Crippen molar-refractivity contribution in [2.45, 2.75) is 31.7 Å². The van der Waals surface area contributed by atoms with Crippen LogP contribution in [0.25, 0.3) is 0 Å². The van der Waals surface area contributed by atoms with E-state index in [0.29, 0.717) is 0 Å². The summed E-state index contributed by atoms with van der Waals surface area (Å²) in [4.78, 5) is 2.20. The number of hydrogen-bond acceptors (Lipinski definition) is 2. The molecule has 118 valence electrons. The Labute approximate surface area is 137 Å². The lowest BCUT2D eigenvalue weighted by Gasteiger charge is -2.47. The molecule has 1 spiro atoms. The average molecular weight is 306 g/mol. The Morgan fingerprint density at radius 2 is 1.70 bits per heavy atom. The van der Waals surface area contributed by atoms with Crippen LogP contribution in [-0.2, 0) is 16.7 Å². The van der Waals surface area contributed by atoms with Crippen molar-refractivity contribution >= 4 is 11.5 Å². The van der Waals surface area contributed by atoms with Crippen LogP contribution in [0, 0.1) is 12.3 Å². The number of ether oxygens (including phenoxy) is 1. The van der Waals surface area contributed by atoms with Crippen LogP contribution < -0.4 is 4.90 Å². The molecule has 2 aliphatic heterocycles. The molecule has 0 radical (unpaired) electrons. The Morgan fingerprint density at radius 3 is 2.48 bits per heavy atom. The fourth-order valence-corrected chi connectivity index (χ4v) is 4.06. The second kappa shape index (κ2) is 5.50. The van der Waals surface area contributed by atoms with E-state index in [1.165, 1.54) is 16.7 Å². The smallest absolute Gasteiger partial charge is 0.112 e. The molecule has 0 saturated carbocycles. The summed E-state index contributed by atoms with van der Waals surface area (Å²) in [5.74, 6) is 0.730. The maximum Gasteiger partial charge on any atom is 0.112 e. The van der Waals surface area contributed by atoms with Gasteiger partial charge in [-0.25, -0.2) is 0 Å². The minimum atomic E-state index is -0.199. The number of hydrogen-bond donors (Lipinski definition) is 1. The van der Waals surface area contributed by atoms with Crippen molar-refractivity contribution in [1.29, 1.82) is 5.41 Å². The number of anilines is 1. The van der Waals surface area contributed by atoms with Gasteiger partial charge in [0, 0.05) is 25.4 Å². The van der Waals surface area contributed by atoms with E-state index < -0.39 is 0 Å². The first-order valence-electron chi connectivity index (χ1n) is 8.31. The van der Waals surface area contributed by atoms with Gasteiger partial charge in [0.15, 0.2) is 0 Å². The van der Waals surface area contributed by atoms with E-state index in [2.05, 4.69) is 60.4 Å². The lowest BCUT2D eigenvalue weighted by molar-refractivity contribution is 0.0691. The first-order chi connectivity index (χ1) is 11.2. The molecule has 0 bridgehead atoms. The number of aryl methyl sites for hydroxylation is 1. The molecule has 0 unspecified atom stereocenters. The standard InChI is InChI=1S/C20H22N2O/c1-15-6-2-5-9-18(15)22-14-16-7-3-4-8-17(16)20(19(22)21)10-12-23-13-11-20/h2-9,21H,10-14H2,1H3. The highest BCUT2D eigenvalue weighted by molar-refractivity contribution is 6.05. The second-order valence-electron chi connectivity index (χ2n) is 6.57. The summed E-state index contributed by atoms with van der Waals surface area (Å²) < 4.78 is 5.61. The number of amidine groups is 1. The van der Waals surface area contributed by atoms with Gasteiger partial charge in [0.2, 0.25) is 0 Å². The summed E-state index contributed by atoms with van der Waals surface area (Å²) in [6, 6.07) is 17.0. The first-order valence-corrected chi connectivity index (χ1v) is 8.31. The van der Waals surface area contributed by atoms with Crippen LogP contribution >= 0.6 is 0 Å². The van der Waals surface area contributed by atoms with Crippen LogP contribution in [0.1, 0.15) is 29.5 Å². The molecule has 0 amide bonds. The Kier molecular flexibility index (Phi) is 3.46. The van der Waals surface area contributed by atoms with Gasteiger partial charge in [0.05, 0.1) is 5.41 Å². The molecular weight excluding hydrogens is 284 g/mol. The summed E-state index contributed by atoms with van der Waals surface area (Å²) in [6.45, 7) is 4.37. The zero-order valence-corrected chi connectivity index (χ0v) is 13.5. The molecule has 3 nitrogen and oxygen atoms in total. The molecule has 1 saturated heterocycles. The van der Waals surface area contributed by atoms with E-state index in [9.17, 15) is 0 Å². The van der Waals surface area contributed by atoms with E-state index in [1.54, 1.807) is 0 Å². The van der Waals surface area contributed by atoms with Crippen LogP contribution in [0.3, 0.4) is 0 Å². The van der Waals surface area contributed by atoms with E-state index in [4.69, 9.17) is 10.1 Å². The number of nitrogens with zero attached hydrogens (tertiary/aromatic N) is 1. The number of fused-ring (bicyclic) bond motifs is 2. The van der Waals surface area contributed by atoms with Crippen LogP contribution in [0.15, 0.2) is 48.5 Å². The van der Waals surface area contributed by atoms with Gasteiger partial charge in [-0.05, 0) is 42.5 Å². The van der Waals surface area contributed by atoms with Crippen molar-refractivity contribution < 1.29 is 4.74 Å². The van der Waals surface area contributed by atoms with Gasteiger partial charge in [-0.2, -0.15) is 0 Å². The fraction of sp³-hybridized carbons (Fsp3) is 0.350. The Balaban J connectivity index is 1.87. The third kappa shape index (κ3) is 2.19. The predicted octanol–water partition coefficient (Wildman–Crippen LogP) is 4.04. The summed E-state index contributed by atoms with van der Waals surface area (Å²) in [6.07, 6.45) is 1.79. The minimum Gasteiger partial charge on any atom is -0.381 e. The lowest BCUT2D eigenvalue weighted by atomic mass is 9.68. The largest absolute Gasteiger partial charge is 0.381 e. The molecule has 0 aromatic heterocycles. The van der Waals surface area contributed by atoms with Crippen LogP contribution in [0.2, 0.25) is 0 Å². The van der Waals surface area contributed by atoms with Crippen molar-refractivity contribution in [2.75, 3.05) is 18.1 Å². The molecule has 0 atom stereocenters. The van der Waals surface area contributed by atoms with Crippen LogP contribution in [-0.4, -0.2) is 19.0 Å². The van der Waals surface area contributed by atoms with Gasteiger partial charge >= 0.3 is 0 Å². The van der Waals surface area contributed by atoms with Crippen LogP contribution in [0.4, 0.5) is 5.69 Å². The fourth-order valence-electron chi connectivity index (χ4n) is 4.06. The van der Waals surface area contributed by atoms with Gasteiger partial charge in [-0.3, -0.25) is 5.41 Å². The Hall–Kier alpha value is -2.13. The van der Waals surface area contributed by atoms with Gasteiger partial charge < -0.3 is 9.64 Å². The molecule has 1 fully saturated rings. The average Bonchev–Trinajstić information content (AvgIpc) is 2.60. The zero-order valence-electron chi connectivity index (χ0n) is 13.5. The maximum absolute atomic E-state index is 9.02. The highest BCUT2D eigenvalue weighted by Gasteiger charge is 2.45. The Bertz CT molecular complexity index is 747. The monoisotopic (exact) mass is 306 g/mol. The number of para-hydroxylation sites is 1. The third-order valence-electron chi connectivity index (χ3n) is 5.34. The third-order valence-corrected chi connectivity index (χ3v) is 5.34. The SMILES string of the molecule is Cc1ccccc1N1Cc2ccccc2C2(CCOCC2)C1=N. The van der Waals surface area contributed by atoms with Gasteiger partial charge in [0.1, 0.15) is 5.84 Å². The van der Waals surface area contributed by atoms with Crippen molar-refractivity contribution in [3.63, 3.8) is 0 Å². The highest BCUT2D eigenvalue weighted by atomic mass is 16.5. The molecule has 4 rings (SSSR count). The highest BCUT2D eigenvalue weighted by Crippen LogP contribution is 2.44. The molecule has 2 aliphatic rings. The van der Waals surface area contributed by atoms with Crippen molar-refractivity contribution in [2.24, 2.45) is 0 Å². The quantitative estimate of drug-likeness (QED) is 0.863. The molecular formula is C20H22N2O. The normalized spacial score (nSPS) is 19.7. The summed E-state index contributed by atoms with van der Waals surface area (Å²) >= 11 is 0. The summed E-state index contributed by atoms with van der Waals surface area (Å²) in [7, 11) is 0. The molecule has 0 aliphatic carbocycles. The van der Waals surface area contributed by atoms with Crippen molar-refractivity contribution in [1.82, 2.24) is 0 Å². The van der Waals surface area contributed by atoms with E-state index in [-0.39, 0.29) is 5.41 Å². The van der Waals surface area contributed by atoms with Crippen LogP contribution in [0.5, 0.6) is 0 Å². The zero-order chi connectivity index (χ0) is 15.9. The number of rotatable bonds is 1. The van der Waals surface area contributed by atoms with Gasteiger partial charge in [0.25, 0.3) is 0 Å². The number of nitrogens with one attached hydrogen (secondary N) is 1. The molecule has 1 N–H and O–H groups in total. The topological polar surface area (TPSA) is 36.3 Å². The molecule has 3 heteroatoms. The molecule has 2 heterocycles. The Morgan fingerprint density at radius 1 is 1.00 bits per heavy atom. The maximum atomic E-state index is 9.02. The molecule has 2 aromatic carbocycles. The summed E-state index contributed by atoms with van der Waals surface area (Å²) in [5.41, 5.74) is 4.85. The lowest BCUT2D eigenvalue weighted by Crippen LogP contribution is -2.53. The number of benzene rings is 2. The first kappa shape index (κ1) is 14.5. The minimum absolute atomic E-state index is 0.199. The second-order valence-corrected chi connectivity index (χ2v) is 6.57. The van der Waals surface area contributed by atoms with E-state index in [1.807, 2.05) is 0 Å².